The lowest BCUT2D eigenvalue weighted by Gasteiger charge is -2.01. The Balaban J connectivity index is 2.03. The molecule has 0 saturated heterocycles. The predicted octanol–water partition coefficient (Wildman–Crippen LogP) is 3.18. The van der Waals surface area contributed by atoms with Gasteiger partial charge in [-0.25, -0.2) is 0 Å². The SMILES string of the molecule is Clc1ccccc1N/N=C/c1ccncc1. The van der Waals surface area contributed by atoms with Crippen LogP contribution in [-0.2, 0) is 0 Å². The highest BCUT2D eigenvalue weighted by atomic mass is 35.5. The van der Waals surface area contributed by atoms with Crippen molar-refractivity contribution in [1.29, 1.82) is 0 Å². The molecule has 80 valence electrons. The van der Waals surface area contributed by atoms with Gasteiger partial charge in [-0.15, -0.1) is 0 Å². The van der Waals surface area contributed by atoms with E-state index in [9.17, 15) is 0 Å². The topological polar surface area (TPSA) is 37.3 Å². The number of para-hydroxylation sites is 1. The first-order chi connectivity index (χ1) is 7.86. The second kappa shape index (κ2) is 5.28. The van der Waals surface area contributed by atoms with Crippen LogP contribution in [0.3, 0.4) is 0 Å². The van der Waals surface area contributed by atoms with Gasteiger partial charge in [0.1, 0.15) is 0 Å². The highest BCUT2D eigenvalue weighted by Gasteiger charge is 1.94. The highest BCUT2D eigenvalue weighted by molar-refractivity contribution is 6.33. The number of halogens is 1. The molecule has 0 atom stereocenters. The molecule has 0 aliphatic carbocycles. The third-order valence-corrected chi connectivity index (χ3v) is 2.31. The Morgan fingerprint density at radius 2 is 1.88 bits per heavy atom. The molecule has 4 heteroatoms. The third kappa shape index (κ3) is 2.81. The molecule has 1 aromatic carbocycles. The van der Waals surface area contributed by atoms with Crippen molar-refractivity contribution in [2.75, 3.05) is 5.43 Å². The van der Waals surface area contributed by atoms with Crippen LogP contribution in [-0.4, -0.2) is 11.2 Å². The summed E-state index contributed by atoms with van der Waals surface area (Å²) in [6.45, 7) is 0. The monoisotopic (exact) mass is 231 g/mol. The lowest BCUT2D eigenvalue weighted by atomic mass is 10.3. The molecular weight excluding hydrogens is 222 g/mol. The minimum absolute atomic E-state index is 0.648. The first-order valence-corrected chi connectivity index (χ1v) is 5.18. The van der Waals surface area contributed by atoms with Crippen LogP contribution in [0.2, 0.25) is 5.02 Å². The van der Waals surface area contributed by atoms with E-state index in [0.29, 0.717) is 5.02 Å². The van der Waals surface area contributed by atoms with Gasteiger partial charge in [0.05, 0.1) is 16.9 Å². The van der Waals surface area contributed by atoms with Crippen LogP contribution in [0.15, 0.2) is 53.9 Å². The zero-order valence-electron chi connectivity index (χ0n) is 8.47. The maximum absolute atomic E-state index is 5.96. The molecule has 16 heavy (non-hydrogen) atoms. The number of anilines is 1. The average Bonchev–Trinajstić information content (AvgIpc) is 2.33. The number of hydrazone groups is 1. The van der Waals surface area contributed by atoms with Crippen molar-refractivity contribution in [1.82, 2.24) is 4.98 Å². The van der Waals surface area contributed by atoms with E-state index in [-0.39, 0.29) is 0 Å². The van der Waals surface area contributed by atoms with E-state index >= 15 is 0 Å². The Morgan fingerprint density at radius 3 is 2.62 bits per heavy atom. The summed E-state index contributed by atoms with van der Waals surface area (Å²) in [5.41, 5.74) is 4.65. The summed E-state index contributed by atoms with van der Waals surface area (Å²) >= 11 is 5.96. The van der Waals surface area contributed by atoms with E-state index in [0.717, 1.165) is 11.3 Å². The van der Waals surface area contributed by atoms with E-state index in [4.69, 9.17) is 11.6 Å². The fourth-order valence-corrected chi connectivity index (χ4v) is 1.36. The first-order valence-electron chi connectivity index (χ1n) is 4.80. The molecule has 0 spiro atoms. The number of nitrogens with one attached hydrogen (secondary N) is 1. The van der Waals surface area contributed by atoms with Crippen molar-refractivity contribution < 1.29 is 0 Å². The summed E-state index contributed by atoms with van der Waals surface area (Å²) in [6.07, 6.45) is 5.15. The Hall–Kier alpha value is -1.87. The molecule has 1 heterocycles. The maximum Gasteiger partial charge on any atom is 0.0748 e. The number of benzene rings is 1. The number of hydrogen-bond donors (Lipinski definition) is 1. The van der Waals surface area contributed by atoms with Crippen LogP contribution in [0, 0.1) is 0 Å². The molecular formula is C12H10ClN3. The molecule has 3 nitrogen and oxygen atoms in total. The summed E-state index contributed by atoms with van der Waals surface area (Å²) in [5.74, 6) is 0. The van der Waals surface area contributed by atoms with Gasteiger partial charge in [0, 0.05) is 12.4 Å². The molecule has 2 rings (SSSR count). The zero-order valence-corrected chi connectivity index (χ0v) is 9.22. The third-order valence-electron chi connectivity index (χ3n) is 1.98. The molecule has 0 amide bonds. The van der Waals surface area contributed by atoms with E-state index in [1.54, 1.807) is 18.6 Å². The lowest BCUT2D eigenvalue weighted by molar-refractivity contribution is 1.31. The smallest absolute Gasteiger partial charge is 0.0748 e. The Kier molecular flexibility index (Phi) is 3.51. The van der Waals surface area contributed by atoms with Crippen molar-refractivity contribution in [2.45, 2.75) is 0 Å². The van der Waals surface area contributed by atoms with Gasteiger partial charge in [0.15, 0.2) is 0 Å². The lowest BCUT2D eigenvalue weighted by Crippen LogP contribution is -1.91. The summed E-state index contributed by atoms with van der Waals surface area (Å²) in [7, 11) is 0. The molecule has 0 fully saturated rings. The molecule has 1 N–H and O–H groups in total. The van der Waals surface area contributed by atoms with Crippen LogP contribution in [0.4, 0.5) is 5.69 Å². The van der Waals surface area contributed by atoms with E-state index in [1.165, 1.54) is 0 Å². The van der Waals surface area contributed by atoms with Gasteiger partial charge in [0.25, 0.3) is 0 Å². The van der Waals surface area contributed by atoms with E-state index < -0.39 is 0 Å². The van der Waals surface area contributed by atoms with Gasteiger partial charge >= 0.3 is 0 Å². The number of pyridine rings is 1. The van der Waals surface area contributed by atoms with Gasteiger partial charge in [-0.2, -0.15) is 5.10 Å². The van der Waals surface area contributed by atoms with E-state index in [1.807, 2.05) is 36.4 Å². The summed E-state index contributed by atoms with van der Waals surface area (Å²) < 4.78 is 0. The fourth-order valence-electron chi connectivity index (χ4n) is 1.18. The van der Waals surface area contributed by atoms with E-state index in [2.05, 4.69) is 15.5 Å². The van der Waals surface area contributed by atoms with Crippen LogP contribution >= 0.6 is 11.6 Å². The molecule has 0 saturated carbocycles. The molecule has 0 radical (unpaired) electrons. The molecule has 2 aromatic rings. The molecule has 0 aliphatic heterocycles. The number of hydrogen-bond acceptors (Lipinski definition) is 3. The van der Waals surface area contributed by atoms with Crippen molar-refractivity contribution in [2.24, 2.45) is 5.10 Å². The average molecular weight is 232 g/mol. The predicted molar refractivity (Wildman–Crippen MR) is 66.9 cm³/mol. The number of aromatic nitrogens is 1. The second-order valence-electron chi connectivity index (χ2n) is 3.13. The van der Waals surface area contributed by atoms with Crippen LogP contribution in [0.25, 0.3) is 0 Å². The van der Waals surface area contributed by atoms with Gasteiger partial charge in [-0.3, -0.25) is 10.4 Å². The minimum Gasteiger partial charge on any atom is -0.277 e. The Morgan fingerprint density at radius 1 is 1.12 bits per heavy atom. The number of rotatable bonds is 3. The van der Waals surface area contributed by atoms with Crippen LogP contribution in [0.5, 0.6) is 0 Å². The number of nitrogens with zero attached hydrogens (tertiary/aromatic N) is 2. The maximum atomic E-state index is 5.96. The van der Waals surface area contributed by atoms with Crippen molar-refractivity contribution >= 4 is 23.5 Å². The van der Waals surface area contributed by atoms with Gasteiger partial charge < -0.3 is 0 Å². The molecule has 0 bridgehead atoms. The Labute approximate surface area is 98.8 Å². The summed E-state index contributed by atoms with van der Waals surface area (Å²) in [5, 5.41) is 4.73. The summed E-state index contributed by atoms with van der Waals surface area (Å²) in [6, 6.07) is 11.2. The summed E-state index contributed by atoms with van der Waals surface area (Å²) in [4.78, 5) is 3.92. The van der Waals surface area contributed by atoms with Gasteiger partial charge in [-0.05, 0) is 29.8 Å². The fraction of sp³-hybridized carbons (Fsp3) is 0. The molecule has 0 unspecified atom stereocenters. The molecule has 0 aliphatic rings. The quantitative estimate of drug-likeness (QED) is 0.651. The standard InChI is InChI=1S/C12H10ClN3/c13-11-3-1-2-4-12(11)16-15-9-10-5-7-14-8-6-10/h1-9,16H/b15-9+. The van der Waals surface area contributed by atoms with Crippen LogP contribution in [0.1, 0.15) is 5.56 Å². The highest BCUT2D eigenvalue weighted by Crippen LogP contribution is 2.19. The van der Waals surface area contributed by atoms with Crippen molar-refractivity contribution in [3.63, 3.8) is 0 Å². The van der Waals surface area contributed by atoms with Gasteiger partial charge in [0.2, 0.25) is 0 Å². The zero-order chi connectivity index (χ0) is 11.2. The Bertz CT molecular complexity index is 483. The molecule has 1 aromatic heterocycles. The van der Waals surface area contributed by atoms with Crippen molar-refractivity contribution in [3.8, 4) is 0 Å². The minimum atomic E-state index is 0.648. The second-order valence-corrected chi connectivity index (χ2v) is 3.54. The first kappa shape index (κ1) is 10.6. The van der Waals surface area contributed by atoms with Gasteiger partial charge in [-0.1, -0.05) is 23.7 Å². The van der Waals surface area contributed by atoms with Crippen LogP contribution < -0.4 is 5.43 Å². The largest absolute Gasteiger partial charge is 0.277 e. The van der Waals surface area contributed by atoms with Crippen molar-refractivity contribution in [3.05, 3.63) is 59.4 Å². The normalized spacial score (nSPS) is 10.6.